The SMILES string of the molecule is CC1NC(=O)[C@H]2Cc3c([nH]c4ccccc34)C(c3ccc4occc4c3)N2C1=O. The van der Waals surface area contributed by atoms with E-state index in [-0.39, 0.29) is 17.9 Å². The van der Waals surface area contributed by atoms with Crippen molar-refractivity contribution >= 4 is 33.7 Å². The van der Waals surface area contributed by atoms with Crippen molar-refractivity contribution in [3.8, 4) is 0 Å². The molecule has 0 radical (unpaired) electrons. The summed E-state index contributed by atoms with van der Waals surface area (Å²) in [7, 11) is 0. The first-order valence-corrected chi connectivity index (χ1v) is 9.81. The monoisotopic (exact) mass is 385 g/mol. The molecule has 2 aliphatic heterocycles. The minimum Gasteiger partial charge on any atom is -0.464 e. The number of H-pyrrole nitrogens is 1. The molecule has 2 aromatic heterocycles. The molecule has 6 nitrogen and oxygen atoms in total. The first-order chi connectivity index (χ1) is 14.1. The molecule has 2 amide bonds. The van der Waals surface area contributed by atoms with Crippen LogP contribution in [0.1, 0.15) is 29.8 Å². The lowest BCUT2D eigenvalue weighted by Crippen LogP contribution is -2.65. The van der Waals surface area contributed by atoms with Crippen LogP contribution in [0.4, 0.5) is 0 Å². The van der Waals surface area contributed by atoms with Crippen molar-refractivity contribution in [2.75, 3.05) is 0 Å². The van der Waals surface area contributed by atoms with Crippen molar-refractivity contribution in [3.63, 3.8) is 0 Å². The number of rotatable bonds is 1. The summed E-state index contributed by atoms with van der Waals surface area (Å²) in [5, 5.41) is 4.92. The number of para-hydroxylation sites is 1. The predicted molar refractivity (Wildman–Crippen MR) is 108 cm³/mol. The molecule has 2 N–H and O–H groups in total. The minimum absolute atomic E-state index is 0.0591. The quantitative estimate of drug-likeness (QED) is 0.528. The normalized spacial score (nSPS) is 23.9. The van der Waals surface area contributed by atoms with Crippen LogP contribution in [0.2, 0.25) is 0 Å². The molecule has 1 saturated heterocycles. The highest BCUT2D eigenvalue weighted by atomic mass is 16.3. The van der Waals surface area contributed by atoms with Crippen LogP contribution in [0, 0.1) is 0 Å². The summed E-state index contributed by atoms with van der Waals surface area (Å²) < 4.78 is 5.49. The van der Waals surface area contributed by atoms with Crippen LogP contribution in [0.15, 0.2) is 59.2 Å². The molecule has 1 fully saturated rings. The van der Waals surface area contributed by atoms with Crippen LogP contribution in [0.3, 0.4) is 0 Å². The Hall–Kier alpha value is -3.54. The Morgan fingerprint density at radius 1 is 1.10 bits per heavy atom. The van der Waals surface area contributed by atoms with E-state index in [1.807, 2.05) is 42.5 Å². The summed E-state index contributed by atoms with van der Waals surface area (Å²) in [6, 6.07) is 14.6. The van der Waals surface area contributed by atoms with Crippen LogP contribution >= 0.6 is 0 Å². The second-order valence-corrected chi connectivity index (χ2v) is 7.88. The number of amides is 2. The molecule has 4 aromatic rings. The van der Waals surface area contributed by atoms with Gasteiger partial charge in [-0.1, -0.05) is 24.3 Å². The Bertz CT molecular complexity index is 1300. The van der Waals surface area contributed by atoms with Crippen LogP contribution < -0.4 is 5.32 Å². The molecule has 0 bridgehead atoms. The van der Waals surface area contributed by atoms with Crippen LogP contribution in [-0.4, -0.2) is 33.8 Å². The van der Waals surface area contributed by atoms with Gasteiger partial charge in [-0.05, 0) is 42.3 Å². The Morgan fingerprint density at radius 2 is 1.97 bits per heavy atom. The fraction of sp³-hybridized carbons (Fsp3) is 0.217. The number of carbonyl (C=O) groups excluding carboxylic acids is 2. The lowest BCUT2D eigenvalue weighted by Gasteiger charge is -2.45. The van der Waals surface area contributed by atoms with Gasteiger partial charge in [-0.15, -0.1) is 0 Å². The standard InChI is InChI=1S/C23H19N3O3/c1-12-23(28)26-18(22(27)24-12)11-16-15-4-2-3-5-17(15)25-20(16)21(26)14-6-7-19-13(10-14)8-9-29-19/h2-10,12,18,21,25H,11H2,1H3,(H,24,27)/t12?,18-,21?/m1/s1. The second-order valence-electron chi connectivity index (χ2n) is 7.88. The van der Waals surface area contributed by atoms with E-state index in [0.29, 0.717) is 6.42 Å². The largest absolute Gasteiger partial charge is 0.464 e. The van der Waals surface area contributed by atoms with Gasteiger partial charge in [0.1, 0.15) is 17.7 Å². The van der Waals surface area contributed by atoms with E-state index in [0.717, 1.165) is 38.7 Å². The van der Waals surface area contributed by atoms with Gasteiger partial charge in [0.05, 0.1) is 12.3 Å². The first kappa shape index (κ1) is 16.4. The van der Waals surface area contributed by atoms with E-state index in [2.05, 4.69) is 16.4 Å². The second kappa shape index (κ2) is 5.73. The molecule has 2 aliphatic rings. The number of fused-ring (bicyclic) bond motifs is 5. The zero-order chi connectivity index (χ0) is 19.7. The van der Waals surface area contributed by atoms with Gasteiger partial charge in [-0.25, -0.2) is 0 Å². The Kier molecular flexibility index (Phi) is 3.25. The summed E-state index contributed by atoms with van der Waals surface area (Å²) in [5.41, 5.74) is 4.88. The molecule has 3 atom stereocenters. The lowest BCUT2D eigenvalue weighted by atomic mass is 9.85. The molecule has 6 rings (SSSR count). The number of furan rings is 1. The Morgan fingerprint density at radius 3 is 2.86 bits per heavy atom. The van der Waals surface area contributed by atoms with Crippen molar-refractivity contribution < 1.29 is 14.0 Å². The van der Waals surface area contributed by atoms with Gasteiger partial charge in [-0.3, -0.25) is 9.59 Å². The smallest absolute Gasteiger partial charge is 0.246 e. The van der Waals surface area contributed by atoms with Gasteiger partial charge >= 0.3 is 0 Å². The third kappa shape index (κ3) is 2.23. The zero-order valence-electron chi connectivity index (χ0n) is 15.8. The topological polar surface area (TPSA) is 78.3 Å². The van der Waals surface area contributed by atoms with Gasteiger partial charge in [-0.2, -0.15) is 0 Å². The Labute approximate surface area is 166 Å². The maximum absolute atomic E-state index is 13.2. The molecule has 0 saturated carbocycles. The summed E-state index contributed by atoms with van der Waals surface area (Å²) in [5.74, 6) is -0.154. The number of benzene rings is 2. The van der Waals surface area contributed by atoms with E-state index < -0.39 is 12.1 Å². The molecule has 2 unspecified atom stereocenters. The first-order valence-electron chi connectivity index (χ1n) is 9.81. The van der Waals surface area contributed by atoms with Gasteiger partial charge in [0, 0.05) is 28.4 Å². The van der Waals surface area contributed by atoms with E-state index in [4.69, 9.17) is 4.42 Å². The average Bonchev–Trinajstić information content (AvgIpc) is 3.34. The zero-order valence-corrected chi connectivity index (χ0v) is 15.8. The number of aromatic amines is 1. The van der Waals surface area contributed by atoms with Crippen molar-refractivity contribution in [3.05, 3.63) is 71.6 Å². The third-order valence-corrected chi connectivity index (χ3v) is 6.21. The van der Waals surface area contributed by atoms with Crippen molar-refractivity contribution in [2.45, 2.75) is 31.5 Å². The van der Waals surface area contributed by atoms with Gasteiger partial charge in [0.25, 0.3) is 0 Å². The fourth-order valence-electron chi connectivity index (χ4n) is 4.86. The van der Waals surface area contributed by atoms with Crippen molar-refractivity contribution in [1.29, 1.82) is 0 Å². The molecule has 29 heavy (non-hydrogen) atoms. The Balaban J connectivity index is 1.63. The number of nitrogens with zero attached hydrogens (tertiary/aromatic N) is 1. The van der Waals surface area contributed by atoms with Crippen molar-refractivity contribution in [2.24, 2.45) is 0 Å². The van der Waals surface area contributed by atoms with Crippen LogP contribution in [0.5, 0.6) is 0 Å². The van der Waals surface area contributed by atoms with Gasteiger partial charge in [0.2, 0.25) is 11.8 Å². The molecule has 6 heteroatoms. The number of piperazine rings is 1. The number of carbonyl (C=O) groups is 2. The van der Waals surface area contributed by atoms with Gasteiger partial charge in [0.15, 0.2) is 0 Å². The summed E-state index contributed by atoms with van der Waals surface area (Å²) in [6.45, 7) is 1.74. The lowest BCUT2D eigenvalue weighted by molar-refractivity contribution is -0.151. The number of aromatic nitrogens is 1. The minimum atomic E-state index is -0.537. The fourth-order valence-corrected chi connectivity index (χ4v) is 4.86. The number of hydrogen-bond donors (Lipinski definition) is 2. The maximum Gasteiger partial charge on any atom is 0.246 e. The highest BCUT2D eigenvalue weighted by Crippen LogP contribution is 2.42. The van der Waals surface area contributed by atoms with E-state index in [1.54, 1.807) is 18.1 Å². The summed E-state index contributed by atoms with van der Waals surface area (Å²) in [4.78, 5) is 31.4. The van der Waals surface area contributed by atoms with E-state index >= 15 is 0 Å². The molecule has 2 aromatic carbocycles. The highest BCUT2D eigenvalue weighted by Gasteiger charge is 2.47. The maximum atomic E-state index is 13.2. The predicted octanol–water partition coefficient (Wildman–Crippen LogP) is 3.28. The van der Waals surface area contributed by atoms with Crippen LogP contribution in [0.25, 0.3) is 21.9 Å². The van der Waals surface area contributed by atoms with E-state index in [1.165, 1.54) is 0 Å². The van der Waals surface area contributed by atoms with Crippen LogP contribution in [-0.2, 0) is 16.0 Å². The molecular formula is C23H19N3O3. The molecule has 0 aliphatic carbocycles. The van der Waals surface area contributed by atoms with Gasteiger partial charge < -0.3 is 19.6 Å². The molecule has 144 valence electrons. The molecule has 4 heterocycles. The number of hydrogen-bond acceptors (Lipinski definition) is 3. The summed E-state index contributed by atoms with van der Waals surface area (Å²) in [6.07, 6.45) is 2.17. The highest BCUT2D eigenvalue weighted by molar-refractivity contribution is 5.99. The van der Waals surface area contributed by atoms with Crippen molar-refractivity contribution in [1.82, 2.24) is 15.2 Å². The van der Waals surface area contributed by atoms with E-state index in [9.17, 15) is 9.59 Å². The molecular weight excluding hydrogens is 366 g/mol. The number of nitrogens with one attached hydrogen (secondary N) is 2. The summed E-state index contributed by atoms with van der Waals surface area (Å²) >= 11 is 0. The average molecular weight is 385 g/mol. The third-order valence-electron chi connectivity index (χ3n) is 6.21. The molecule has 0 spiro atoms.